The molecule has 0 heterocycles. The van der Waals surface area contributed by atoms with Crippen LogP contribution in [0.2, 0.25) is 0 Å². The van der Waals surface area contributed by atoms with E-state index in [1.165, 1.54) is 148 Å². The van der Waals surface area contributed by atoms with Crippen molar-refractivity contribution in [3.63, 3.8) is 0 Å². The summed E-state index contributed by atoms with van der Waals surface area (Å²) in [4.78, 5) is 35.6. The molecule has 0 spiro atoms. The largest absolute Gasteiger partial charge is 0.463 e. The van der Waals surface area contributed by atoms with Crippen LogP contribution in [0.25, 0.3) is 0 Å². The molecule has 0 bridgehead atoms. The highest BCUT2D eigenvalue weighted by atomic mass is 17.2. The summed E-state index contributed by atoms with van der Waals surface area (Å²) >= 11 is 0. The van der Waals surface area contributed by atoms with Crippen LogP contribution in [-0.4, -0.2) is 89.8 Å². The summed E-state index contributed by atoms with van der Waals surface area (Å²) in [6.45, 7) is 8.46. The van der Waals surface area contributed by atoms with Gasteiger partial charge in [0.2, 0.25) is 0 Å². The highest BCUT2D eigenvalue weighted by molar-refractivity contribution is 5.70. The van der Waals surface area contributed by atoms with Crippen LogP contribution in [0.4, 0.5) is 0 Å². The summed E-state index contributed by atoms with van der Waals surface area (Å²) in [7, 11) is 2.89. The Kier molecular flexibility index (Phi) is 39.5. The second-order valence-electron chi connectivity index (χ2n) is 14.0. The number of rotatable bonds is 41. The van der Waals surface area contributed by atoms with E-state index < -0.39 is 5.97 Å². The van der Waals surface area contributed by atoms with Gasteiger partial charge in [-0.15, -0.1) is 0 Å². The van der Waals surface area contributed by atoms with Crippen LogP contribution in [0.3, 0.4) is 0 Å². The molecule has 0 aliphatic heterocycles. The van der Waals surface area contributed by atoms with E-state index in [1.54, 1.807) is 7.11 Å². The maximum Gasteiger partial charge on any atom is 0.343 e. The molecular weight excluding hydrogens is 634 g/mol. The molecule has 1 atom stereocenters. The van der Waals surface area contributed by atoms with Gasteiger partial charge in [0.25, 0.3) is 0 Å². The van der Waals surface area contributed by atoms with E-state index in [2.05, 4.69) is 28.5 Å². The van der Waals surface area contributed by atoms with Crippen molar-refractivity contribution in [2.75, 3.05) is 66.9 Å². The molecule has 0 aromatic heterocycles. The Bertz CT molecular complexity index is 710. The molecule has 1 unspecified atom stereocenters. The van der Waals surface area contributed by atoms with Crippen molar-refractivity contribution in [1.82, 2.24) is 4.90 Å². The first kappa shape index (κ1) is 48.7. The van der Waals surface area contributed by atoms with E-state index in [4.69, 9.17) is 18.9 Å². The fourth-order valence-corrected chi connectivity index (χ4v) is 6.13. The molecule has 9 nitrogen and oxygen atoms in total. The van der Waals surface area contributed by atoms with E-state index in [0.29, 0.717) is 39.5 Å². The first-order chi connectivity index (χ1) is 24.6. The first-order valence-electron chi connectivity index (χ1n) is 20.9. The second-order valence-corrected chi connectivity index (χ2v) is 14.0. The summed E-state index contributed by atoms with van der Waals surface area (Å²) in [5, 5.41) is 0. The molecule has 298 valence electrons. The highest BCUT2D eigenvalue weighted by Gasteiger charge is 2.19. The lowest BCUT2D eigenvalue weighted by Crippen LogP contribution is -2.39. The standard InChI is InChI=1S/C41H81NO8/c1-5-7-9-11-13-15-17-19-21-23-25-27-33-47-38-39(48-34-28-26-24-22-20-18-16-14-12-10-8-6-2)37-42(32-30-41(44)50-46-4)31-29-40(43)49-36-35-45-3/h39H,5-38H2,1-4H3. The summed E-state index contributed by atoms with van der Waals surface area (Å²) in [6, 6.07) is 0. The molecule has 0 N–H and O–H groups in total. The zero-order valence-electron chi connectivity index (χ0n) is 33.3. The second kappa shape index (κ2) is 40.5. The third-order valence-corrected chi connectivity index (χ3v) is 9.25. The summed E-state index contributed by atoms with van der Waals surface area (Å²) in [5.74, 6) is -0.735. The molecule has 0 saturated carbocycles. The van der Waals surface area contributed by atoms with E-state index in [1.807, 2.05) is 0 Å². The van der Waals surface area contributed by atoms with Crippen LogP contribution < -0.4 is 0 Å². The molecular formula is C41H81NO8. The number of esters is 1. The van der Waals surface area contributed by atoms with Gasteiger partial charge < -0.3 is 18.9 Å². The molecule has 0 rings (SSSR count). The van der Waals surface area contributed by atoms with Gasteiger partial charge in [0, 0.05) is 40.0 Å². The Balaban J connectivity index is 4.65. The maximum absolute atomic E-state index is 12.3. The minimum Gasteiger partial charge on any atom is -0.463 e. The van der Waals surface area contributed by atoms with Crippen molar-refractivity contribution in [3.8, 4) is 0 Å². The molecule has 0 aromatic carbocycles. The Morgan fingerprint density at radius 3 is 1.42 bits per heavy atom. The monoisotopic (exact) mass is 716 g/mol. The number of carbonyl (C=O) groups is 2. The van der Waals surface area contributed by atoms with Crippen molar-refractivity contribution in [2.24, 2.45) is 0 Å². The Morgan fingerprint density at radius 1 is 0.520 bits per heavy atom. The van der Waals surface area contributed by atoms with Crippen LogP contribution in [0.15, 0.2) is 0 Å². The fraction of sp³-hybridized carbons (Fsp3) is 0.951. The minimum absolute atomic E-state index is 0.150. The van der Waals surface area contributed by atoms with Gasteiger partial charge in [0.15, 0.2) is 0 Å². The van der Waals surface area contributed by atoms with Crippen molar-refractivity contribution >= 4 is 11.9 Å². The molecule has 0 radical (unpaired) electrons. The summed E-state index contributed by atoms with van der Waals surface area (Å²) in [6.07, 6.45) is 31.7. The lowest BCUT2D eigenvalue weighted by Gasteiger charge is -2.27. The van der Waals surface area contributed by atoms with Crippen molar-refractivity contribution in [1.29, 1.82) is 0 Å². The van der Waals surface area contributed by atoms with Crippen molar-refractivity contribution < 1.29 is 38.3 Å². The van der Waals surface area contributed by atoms with E-state index in [-0.39, 0.29) is 31.5 Å². The first-order valence-corrected chi connectivity index (χ1v) is 20.9. The fourth-order valence-electron chi connectivity index (χ4n) is 6.13. The molecule has 50 heavy (non-hydrogen) atoms. The topological polar surface area (TPSA) is 92.8 Å². The van der Waals surface area contributed by atoms with Gasteiger partial charge >= 0.3 is 11.9 Å². The predicted octanol–water partition coefficient (Wildman–Crippen LogP) is 10.2. The molecule has 0 amide bonds. The van der Waals surface area contributed by atoms with Crippen LogP contribution in [0, 0.1) is 0 Å². The normalized spacial score (nSPS) is 12.1. The van der Waals surface area contributed by atoms with Gasteiger partial charge in [-0.25, -0.2) is 4.79 Å². The molecule has 0 aliphatic carbocycles. The Morgan fingerprint density at radius 2 is 0.960 bits per heavy atom. The number of hydrogen-bond donors (Lipinski definition) is 0. The Hall–Kier alpha value is -1.26. The van der Waals surface area contributed by atoms with Crippen LogP contribution in [0.1, 0.15) is 181 Å². The average molecular weight is 716 g/mol. The molecule has 0 fully saturated rings. The van der Waals surface area contributed by atoms with Gasteiger partial charge in [-0.05, 0) is 12.8 Å². The van der Waals surface area contributed by atoms with Crippen molar-refractivity contribution in [2.45, 2.75) is 187 Å². The Labute approximate surface area is 308 Å². The summed E-state index contributed by atoms with van der Waals surface area (Å²) < 4.78 is 22.7. The third-order valence-electron chi connectivity index (χ3n) is 9.25. The van der Waals surface area contributed by atoms with Gasteiger partial charge in [0.05, 0.1) is 39.3 Å². The smallest absolute Gasteiger partial charge is 0.343 e. The number of hydrogen-bond acceptors (Lipinski definition) is 9. The zero-order valence-corrected chi connectivity index (χ0v) is 33.3. The van der Waals surface area contributed by atoms with Crippen molar-refractivity contribution in [3.05, 3.63) is 0 Å². The van der Waals surface area contributed by atoms with Gasteiger partial charge in [0.1, 0.15) is 6.61 Å². The van der Waals surface area contributed by atoms with Crippen LogP contribution in [-0.2, 0) is 38.3 Å². The molecule has 0 saturated heterocycles. The number of ether oxygens (including phenoxy) is 4. The van der Waals surface area contributed by atoms with E-state index >= 15 is 0 Å². The zero-order chi connectivity index (χ0) is 36.6. The average Bonchev–Trinajstić information content (AvgIpc) is 3.11. The lowest BCUT2D eigenvalue weighted by molar-refractivity contribution is -0.255. The number of methoxy groups -OCH3 is 1. The summed E-state index contributed by atoms with van der Waals surface area (Å²) in [5.41, 5.74) is 0. The predicted molar refractivity (Wildman–Crippen MR) is 204 cm³/mol. The van der Waals surface area contributed by atoms with Gasteiger partial charge in [-0.1, -0.05) is 155 Å². The third kappa shape index (κ3) is 36.5. The minimum atomic E-state index is -0.447. The number of carbonyl (C=O) groups excluding carboxylic acids is 2. The SMILES string of the molecule is CCCCCCCCCCCCCCOCC(CN(CCC(=O)OCCOC)CCC(=O)OOC)OCCCCCCCCCCCCCC. The highest BCUT2D eigenvalue weighted by Crippen LogP contribution is 2.14. The van der Waals surface area contributed by atoms with E-state index in [0.717, 1.165) is 19.4 Å². The van der Waals surface area contributed by atoms with Gasteiger partial charge in [-0.2, -0.15) is 4.89 Å². The maximum atomic E-state index is 12.3. The molecule has 0 aromatic rings. The van der Waals surface area contributed by atoms with Crippen LogP contribution >= 0.6 is 0 Å². The lowest BCUT2D eigenvalue weighted by atomic mass is 10.1. The van der Waals surface area contributed by atoms with E-state index in [9.17, 15) is 9.59 Å². The number of unbranched alkanes of at least 4 members (excludes halogenated alkanes) is 22. The van der Waals surface area contributed by atoms with Crippen LogP contribution in [0.5, 0.6) is 0 Å². The number of nitrogens with zero attached hydrogens (tertiary/aromatic N) is 1. The molecule has 0 aliphatic rings. The quantitative estimate of drug-likeness (QED) is 0.0265. The van der Waals surface area contributed by atoms with Gasteiger partial charge in [-0.3, -0.25) is 14.6 Å². The molecule has 9 heteroatoms.